The SMILES string of the molecule is C[C@H](NC(=O)c1cccc(S(=O)(=O)c2ccc(CCN(C[C@@H](O)c3cccc(Cl)c3)C(=O)OC(C)(C)C)cc2)c1)C(=O)O. The second kappa shape index (κ2) is 14.0. The number of nitrogens with zero attached hydrogens (tertiary/aromatic N) is 1. The van der Waals surface area contributed by atoms with Crippen LogP contribution in [0.4, 0.5) is 4.79 Å². The first-order valence-corrected chi connectivity index (χ1v) is 15.3. The van der Waals surface area contributed by atoms with Crippen molar-refractivity contribution < 1.29 is 37.8 Å². The van der Waals surface area contributed by atoms with Gasteiger partial charge in [0.25, 0.3) is 5.91 Å². The van der Waals surface area contributed by atoms with Crippen molar-refractivity contribution in [3.63, 3.8) is 0 Å². The molecule has 10 nitrogen and oxygen atoms in total. The number of hydrogen-bond donors (Lipinski definition) is 3. The monoisotopic (exact) mass is 630 g/mol. The molecule has 3 N–H and O–H groups in total. The van der Waals surface area contributed by atoms with Gasteiger partial charge >= 0.3 is 12.1 Å². The summed E-state index contributed by atoms with van der Waals surface area (Å²) in [7, 11) is -4.00. The summed E-state index contributed by atoms with van der Waals surface area (Å²) in [5.74, 6) is -1.93. The summed E-state index contributed by atoms with van der Waals surface area (Å²) >= 11 is 6.05. The Morgan fingerprint density at radius 3 is 2.23 bits per heavy atom. The van der Waals surface area contributed by atoms with Crippen LogP contribution in [0.15, 0.2) is 82.6 Å². The van der Waals surface area contributed by atoms with E-state index in [0.29, 0.717) is 17.0 Å². The number of nitrogens with one attached hydrogen (secondary N) is 1. The lowest BCUT2D eigenvalue weighted by Crippen LogP contribution is -2.40. The molecule has 3 rings (SSSR count). The van der Waals surface area contributed by atoms with E-state index >= 15 is 0 Å². The second-order valence-corrected chi connectivity index (χ2v) is 13.3. The van der Waals surface area contributed by atoms with E-state index in [9.17, 15) is 27.9 Å². The average molecular weight is 631 g/mol. The highest BCUT2D eigenvalue weighted by Crippen LogP contribution is 2.24. The normalized spacial score (nSPS) is 13.1. The number of carboxylic acids is 1. The summed E-state index contributed by atoms with van der Waals surface area (Å²) in [4.78, 5) is 37.7. The number of benzene rings is 3. The number of halogens is 1. The molecule has 0 fully saturated rings. The highest BCUT2D eigenvalue weighted by molar-refractivity contribution is 7.91. The maximum Gasteiger partial charge on any atom is 0.410 e. The van der Waals surface area contributed by atoms with Crippen LogP contribution in [0.5, 0.6) is 0 Å². The number of amides is 2. The minimum Gasteiger partial charge on any atom is -0.480 e. The molecule has 2 amide bonds. The predicted octanol–water partition coefficient (Wildman–Crippen LogP) is 4.89. The fourth-order valence-electron chi connectivity index (χ4n) is 3.99. The standard InChI is InChI=1S/C31H35ClN2O8S/c1-20(29(37)38)33-28(36)23-8-6-10-26(18-23)43(40,41)25-13-11-21(12-14-25)15-16-34(30(39)42-31(2,3)4)19-27(35)22-7-5-9-24(32)17-22/h5-14,17-18,20,27,35H,15-16,19H2,1-4H3,(H,33,36)(H,37,38)/t20-,27+/m0/s1. The van der Waals surface area contributed by atoms with Crippen molar-refractivity contribution in [2.45, 2.75) is 61.7 Å². The molecule has 43 heavy (non-hydrogen) atoms. The van der Waals surface area contributed by atoms with E-state index in [2.05, 4.69) is 5.32 Å². The van der Waals surface area contributed by atoms with E-state index < -0.39 is 45.6 Å². The molecular weight excluding hydrogens is 596 g/mol. The number of ether oxygens (including phenoxy) is 1. The van der Waals surface area contributed by atoms with E-state index in [0.717, 1.165) is 5.56 Å². The zero-order valence-corrected chi connectivity index (χ0v) is 25.9. The van der Waals surface area contributed by atoms with Crippen molar-refractivity contribution in [2.24, 2.45) is 0 Å². The highest BCUT2D eigenvalue weighted by atomic mass is 35.5. The summed E-state index contributed by atoms with van der Waals surface area (Å²) in [6, 6.07) is 17.0. The molecule has 0 aliphatic heterocycles. The van der Waals surface area contributed by atoms with Crippen molar-refractivity contribution >= 4 is 39.4 Å². The van der Waals surface area contributed by atoms with Crippen molar-refractivity contribution in [3.8, 4) is 0 Å². The number of aliphatic hydroxyl groups excluding tert-OH is 1. The van der Waals surface area contributed by atoms with Gasteiger partial charge in [-0.25, -0.2) is 13.2 Å². The van der Waals surface area contributed by atoms with Gasteiger partial charge in [-0.3, -0.25) is 9.59 Å². The Bertz CT molecular complexity index is 1570. The third-order valence-electron chi connectivity index (χ3n) is 6.31. The molecule has 0 radical (unpaired) electrons. The molecule has 230 valence electrons. The molecule has 3 aromatic rings. The lowest BCUT2D eigenvalue weighted by Gasteiger charge is -2.29. The minimum absolute atomic E-state index is 0.00640. The molecule has 2 atom stereocenters. The Labute approximate surface area is 256 Å². The summed E-state index contributed by atoms with van der Waals surface area (Å²) in [5.41, 5.74) is 0.542. The quantitative estimate of drug-likeness (QED) is 0.271. The largest absolute Gasteiger partial charge is 0.480 e. The molecular formula is C31H35ClN2O8S. The van der Waals surface area contributed by atoms with Crippen LogP contribution in [0.25, 0.3) is 0 Å². The van der Waals surface area contributed by atoms with E-state index in [4.69, 9.17) is 21.4 Å². The number of aliphatic hydroxyl groups is 1. The topological polar surface area (TPSA) is 150 Å². The first-order chi connectivity index (χ1) is 20.1. The van der Waals surface area contributed by atoms with Gasteiger partial charge in [-0.2, -0.15) is 0 Å². The van der Waals surface area contributed by atoms with E-state index in [-0.39, 0.29) is 28.4 Å². The Hall–Kier alpha value is -3.93. The molecule has 0 aliphatic rings. The smallest absolute Gasteiger partial charge is 0.410 e. The van der Waals surface area contributed by atoms with Gasteiger partial charge < -0.3 is 25.2 Å². The first-order valence-electron chi connectivity index (χ1n) is 13.5. The molecule has 12 heteroatoms. The maximum atomic E-state index is 13.3. The number of carbonyl (C=O) groups is 3. The Morgan fingerprint density at radius 1 is 0.977 bits per heavy atom. The van der Waals surface area contributed by atoms with Crippen LogP contribution < -0.4 is 5.32 Å². The molecule has 0 spiro atoms. The van der Waals surface area contributed by atoms with Crippen LogP contribution in [0.3, 0.4) is 0 Å². The summed E-state index contributed by atoms with van der Waals surface area (Å²) in [6.07, 6.45) is -1.27. The van der Waals surface area contributed by atoms with Crippen LogP contribution in [-0.4, -0.2) is 66.2 Å². The fourth-order valence-corrected chi connectivity index (χ4v) is 5.50. The van der Waals surface area contributed by atoms with Crippen molar-refractivity contribution in [1.82, 2.24) is 10.2 Å². The average Bonchev–Trinajstić information content (AvgIpc) is 2.94. The van der Waals surface area contributed by atoms with Gasteiger partial charge in [0.15, 0.2) is 0 Å². The summed E-state index contributed by atoms with van der Waals surface area (Å²) < 4.78 is 32.1. The van der Waals surface area contributed by atoms with Crippen LogP contribution in [0.2, 0.25) is 5.02 Å². The van der Waals surface area contributed by atoms with Crippen LogP contribution >= 0.6 is 11.6 Å². The molecule has 0 saturated carbocycles. The Balaban J connectivity index is 1.75. The van der Waals surface area contributed by atoms with Gasteiger partial charge in [-0.15, -0.1) is 0 Å². The van der Waals surface area contributed by atoms with E-state index in [1.165, 1.54) is 48.2 Å². The molecule has 0 aliphatic carbocycles. The Morgan fingerprint density at radius 2 is 1.63 bits per heavy atom. The molecule has 0 saturated heterocycles. The zero-order chi connectivity index (χ0) is 31.9. The van der Waals surface area contributed by atoms with Crippen molar-refractivity contribution in [2.75, 3.05) is 13.1 Å². The number of aliphatic carboxylic acids is 1. The molecule has 0 aromatic heterocycles. The van der Waals surface area contributed by atoms with E-state index in [1.54, 1.807) is 57.2 Å². The molecule has 0 bridgehead atoms. The van der Waals surface area contributed by atoms with Gasteiger partial charge in [-0.05, 0) is 87.7 Å². The second-order valence-electron chi connectivity index (χ2n) is 11.0. The van der Waals surface area contributed by atoms with Crippen LogP contribution in [0.1, 0.15) is 55.3 Å². The Kier molecular flexibility index (Phi) is 11.0. The maximum absolute atomic E-state index is 13.3. The third-order valence-corrected chi connectivity index (χ3v) is 8.31. The first kappa shape index (κ1) is 33.6. The number of carbonyl (C=O) groups excluding carboxylic acids is 2. The molecule has 0 unspecified atom stereocenters. The lowest BCUT2D eigenvalue weighted by molar-refractivity contribution is -0.138. The molecule has 3 aromatic carbocycles. The lowest BCUT2D eigenvalue weighted by atomic mass is 10.1. The number of rotatable bonds is 11. The van der Waals surface area contributed by atoms with Gasteiger partial charge in [0.05, 0.1) is 22.4 Å². The third kappa shape index (κ3) is 9.54. The summed E-state index contributed by atoms with van der Waals surface area (Å²) in [6.45, 7) is 6.68. The molecule has 0 heterocycles. The van der Waals surface area contributed by atoms with Gasteiger partial charge in [-0.1, -0.05) is 41.9 Å². The van der Waals surface area contributed by atoms with E-state index in [1.807, 2.05) is 0 Å². The number of hydrogen-bond acceptors (Lipinski definition) is 7. The fraction of sp³-hybridized carbons (Fsp3) is 0.323. The minimum atomic E-state index is -4.00. The summed E-state index contributed by atoms with van der Waals surface area (Å²) in [5, 5.41) is 22.6. The van der Waals surface area contributed by atoms with Gasteiger partial charge in [0, 0.05) is 17.1 Å². The van der Waals surface area contributed by atoms with Crippen LogP contribution in [-0.2, 0) is 25.8 Å². The number of carboxylic acid groups (broad SMARTS) is 1. The van der Waals surface area contributed by atoms with Gasteiger partial charge in [0.1, 0.15) is 11.6 Å². The predicted molar refractivity (Wildman–Crippen MR) is 161 cm³/mol. The highest BCUT2D eigenvalue weighted by Gasteiger charge is 2.25. The van der Waals surface area contributed by atoms with Crippen molar-refractivity contribution in [1.29, 1.82) is 0 Å². The van der Waals surface area contributed by atoms with Crippen LogP contribution in [0, 0.1) is 0 Å². The van der Waals surface area contributed by atoms with Gasteiger partial charge in [0.2, 0.25) is 9.84 Å². The zero-order valence-electron chi connectivity index (χ0n) is 24.3. The number of sulfone groups is 1. The van der Waals surface area contributed by atoms with Crippen molar-refractivity contribution in [3.05, 3.63) is 94.5 Å².